The fraction of sp³-hybridized carbons (Fsp3) is 0.467. The first-order valence-corrected chi connectivity index (χ1v) is 6.84. The maximum Gasteiger partial charge on any atom is 0.329 e. The average Bonchev–Trinajstić information content (AvgIpc) is 3.22. The minimum atomic E-state index is -1.22. The number of hydrogen-bond acceptors (Lipinski definition) is 3. The highest BCUT2D eigenvalue weighted by Gasteiger charge is 2.48. The van der Waals surface area contributed by atoms with Crippen LogP contribution in [0.1, 0.15) is 25.3 Å². The highest BCUT2D eigenvalue weighted by atomic mass is 16.5. The van der Waals surface area contributed by atoms with E-state index in [1.165, 1.54) is 0 Å². The SMILES string of the molecule is COc1ccc(NC(=O)NC(C)(C(=O)O)C2CC2)cc1C. The lowest BCUT2D eigenvalue weighted by Crippen LogP contribution is -2.55. The zero-order chi connectivity index (χ0) is 15.6. The Balaban J connectivity index is 2.04. The van der Waals surface area contributed by atoms with Crippen LogP contribution in [-0.2, 0) is 4.79 Å². The van der Waals surface area contributed by atoms with E-state index >= 15 is 0 Å². The Labute approximate surface area is 123 Å². The molecule has 21 heavy (non-hydrogen) atoms. The molecule has 1 atom stereocenters. The van der Waals surface area contributed by atoms with Gasteiger partial charge in [0, 0.05) is 5.69 Å². The van der Waals surface area contributed by atoms with E-state index < -0.39 is 17.5 Å². The van der Waals surface area contributed by atoms with Gasteiger partial charge in [-0.15, -0.1) is 0 Å². The molecule has 2 rings (SSSR count). The number of hydrogen-bond donors (Lipinski definition) is 3. The minimum absolute atomic E-state index is 0.00152. The highest BCUT2D eigenvalue weighted by Crippen LogP contribution is 2.39. The van der Waals surface area contributed by atoms with E-state index in [1.54, 1.807) is 32.2 Å². The summed E-state index contributed by atoms with van der Waals surface area (Å²) >= 11 is 0. The van der Waals surface area contributed by atoms with Gasteiger partial charge in [0.1, 0.15) is 11.3 Å². The monoisotopic (exact) mass is 292 g/mol. The zero-order valence-electron chi connectivity index (χ0n) is 12.4. The van der Waals surface area contributed by atoms with Gasteiger partial charge in [-0.2, -0.15) is 0 Å². The summed E-state index contributed by atoms with van der Waals surface area (Å²) in [6.45, 7) is 3.42. The molecule has 0 bridgehead atoms. The fourth-order valence-electron chi connectivity index (χ4n) is 2.35. The van der Waals surface area contributed by atoms with Gasteiger partial charge < -0.3 is 20.5 Å². The van der Waals surface area contributed by atoms with Gasteiger partial charge in [0.2, 0.25) is 0 Å². The van der Waals surface area contributed by atoms with E-state index in [2.05, 4.69) is 10.6 Å². The van der Waals surface area contributed by atoms with E-state index in [4.69, 9.17) is 4.74 Å². The smallest absolute Gasteiger partial charge is 0.329 e. The number of aryl methyl sites for hydroxylation is 1. The molecule has 0 spiro atoms. The van der Waals surface area contributed by atoms with E-state index in [0.717, 1.165) is 24.2 Å². The van der Waals surface area contributed by atoms with Crippen molar-refractivity contribution in [2.24, 2.45) is 5.92 Å². The van der Waals surface area contributed by atoms with Crippen molar-refractivity contribution in [2.45, 2.75) is 32.2 Å². The maximum absolute atomic E-state index is 12.0. The molecule has 114 valence electrons. The van der Waals surface area contributed by atoms with Gasteiger partial charge in [-0.25, -0.2) is 9.59 Å². The van der Waals surface area contributed by atoms with Crippen LogP contribution >= 0.6 is 0 Å². The molecule has 6 heteroatoms. The molecule has 1 unspecified atom stereocenters. The lowest BCUT2D eigenvalue weighted by molar-refractivity contribution is -0.144. The summed E-state index contributed by atoms with van der Waals surface area (Å²) in [6.07, 6.45) is 1.65. The Hall–Kier alpha value is -2.24. The van der Waals surface area contributed by atoms with Crippen LogP contribution in [0.15, 0.2) is 18.2 Å². The summed E-state index contributed by atoms with van der Waals surface area (Å²) < 4.78 is 5.15. The largest absolute Gasteiger partial charge is 0.496 e. The highest BCUT2D eigenvalue weighted by molar-refractivity contribution is 5.94. The molecule has 0 aliphatic heterocycles. The molecule has 1 saturated carbocycles. The van der Waals surface area contributed by atoms with Gasteiger partial charge in [0.15, 0.2) is 0 Å². The summed E-state index contributed by atoms with van der Waals surface area (Å²) in [5, 5.41) is 14.5. The zero-order valence-corrected chi connectivity index (χ0v) is 12.4. The molecule has 6 nitrogen and oxygen atoms in total. The Morgan fingerprint density at radius 2 is 2.05 bits per heavy atom. The number of urea groups is 1. The molecule has 2 amide bonds. The van der Waals surface area contributed by atoms with Crippen molar-refractivity contribution in [3.05, 3.63) is 23.8 Å². The third-order valence-electron chi connectivity index (χ3n) is 3.86. The molecule has 0 heterocycles. The number of methoxy groups -OCH3 is 1. The average molecular weight is 292 g/mol. The van der Waals surface area contributed by atoms with Crippen molar-refractivity contribution in [2.75, 3.05) is 12.4 Å². The van der Waals surface area contributed by atoms with Crippen LogP contribution in [-0.4, -0.2) is 29.8 Å². The lowest BCUT2D eigenvalue weighted by Gasteiger charge is -2.26. The number of carbonyl (C=O) groups excluding carboxylic acids is 1. The van der Waals surface area contributed by atoms with Gasteiger partial charge in [-0.1, -0.05) is 0 Å². The van der Waals surface area contributed by atoms with E-state index in [0.29, 0.717) is 5.69 Å². The number of ether oxygens (including phenoxy) is 1. The molecule has 1 fully saturated rings. The molecule has 0 saturated heterocycles. The third-order valence-corrected chi connectivity index (χ3v) is 3.86. The van der Waals surface area contributed by atoms with Crippen molar-refractivity contribution >= 4 is 17.7 Å². The molecule has 1 aromatic rings. The number of carboxylic acids is 1. The quantitative estimate of drug-likeness (QED) is 0.777. The van der Waals surface area contributed by atoms with Crippen molar-refractivity contribution in [1.82, 2.24) is 5.32 Å². The fourth-order valence-corrected chi connectivity index (χ4v) is 2.35. The van der Waals surface area contributed by atoms with Gasteiger partial charge in [-0.05, 0) is 56.4 Å². The minimum Gasteiger partial charge on any atom is -0.496 e. The maximum atomic E-state index is 12.0. The number of aliphatic carboxylic acids is 1. The van der Waals surface area contributed by atoms with Crippen LogP contribution in [0.2, 0.25) is 0 Å². The Bertz CT molecular complexity index is 569. The van der Waals surface area contributed by atoms with Crippen LogP contribution < -0.4 is 15.4 Å². The molecule has 0 aromatic heterocycles. The Morgan fingerprint density at radius 3 is 2.52 bits per heavy atom. The number of amides is 2. The summed E-state index contributed by atoms with van der Waals surface area (Å²) in [4.78, 5) is 23.4. The van der Waals surface area contributed by atoms with Crippen LogP contribution in [0.5, 0.6) is 5.75 Å². The standard InChI is InChI=1S/C15H20N2O4/c1-9-8-11(6-7-12(9)21-3)16-14(20)17-15(2,13(18)19)10-4-5-10/h6-8,10H,4-5H2,1-3H3,(H,18,19)(H2,16,17,20). The van der Waals surface area contributed by atoms with Crippen molar-refractivity contribution < 1.29 is 19.4 Å². The van der Waals surface area contributed by atoms with Crippen molar-refractivity contribution in [1.29, 1.82) is 0 Å². The molecule has 1 aliphatic carbocycles. The Morgan fingerprint density at radius 1 is 1.38 bits per heavy atom. The summed E-state index contributed by atoms with van der Waals surface area (Å²) in [6, 6.07) is 4.72. The van der Waals surface area contributed by atoms with E-state index in [1.807, 2.05) is 6.92 Å². The topological polar surface area (TPSA) is 87.7 Å². The molecular formula is C15H20N2O4. The summed E-state index contributed by atoms with van der Waals surface area (Å²) in [7, 11) is 1.58. The van der Waals surface area contributed by atoms with Gasteiger partial charge in [0.05, 0.1) is 7.11 Å². The van der Waals surface area contributed by atoms with Gasteiger partial charge in [-0.3, -0.25) is 0 Å². The second-order valence-electron chi connectivity index (χ2n) is 5.55. The number of anilines is 1. The van der Waals surface area contributed by atoms with Gasteiger partial charge >= 0.3 is 12.0 Å². The van der Waals surface area contributed by atoms with Crippen LogP contribution in [0.25, 0.3) is 0 Å². The normalized spacial score (nSPS) is 16.7. The summed E-state index contributed by atoms with van der Waals surface area (Å²) in [5.74, 6) is -0.279. The second-order valence-corrected chi connectivity index (χ2v) is 5.55. The number of rotatable bonds is 5. The van der Waals surface area contributed by atoms with E-state index in [9.17, 15) is 14.7 Å². The van der Waals surface area contributed by atoms with Crippen LogP contribution in [0.4, 0.5) is 10.5 Å². The molecule has 0 radical (unpaired) electrons. The van der Waals surface area contributed by atoms with Crippen LogP contribution in [0, 0.1) is 12.8 Å². The number of nitrogens with one attached hydrogen (secondary N) is 2. The first-order valence-electron chi connectivity index (χ1n) is 6.84. The third kappa shape index (κ3) is 3.26. The van der Waals surface area contributed by atoms with Crippen molar-refractivity contribution in [3.8, 4) is 5.75 Å². The predicted octanol–water partition coefficient (Wildman–Crippen LogP) is 2.38. The van der Waals surface area contributed by atoms with Gasteiger partial charge in [0.25, 0.3) is 0 Å². The van der Waals surface area contributed by atoms with Crippen LogP contribution in [0.3, 0.4) is 0 Å². The lowest BCUT2D eigenvalue weighted by atomic mass is 9.96. The van der Waals surface area contributed by atoms with Crippen molar-refractivity contribution in [3.63, 3.8) is 0 Å². The second kappa shape index (κ2) is 5.63. The molecular weight excluding hydrogens is 272 g/mol. The number of carbonyl (C=O) groups is 2. The molecule has 3 N–H and O–H groups in total. The van der Waals surface area contributed by atoms with E-state index in [-0.39, 0.29) is 5.92 Å². The molecule has 1 aromatic carbocycles. The predicted molar refractivity (Wildman–Crippen MR) is 78.7 cm³/mol. The molecule has 1 aliphatic rings. The Kier molecular flexibility index (Phi) is 4.06. The first-order chi connectivity index (χ1) is 9.86. The number of carboxylic acid groups (broad SMARTS) is 1. The first kappa shape index (κ1) is 15.2. The summed E-state index contributed by atoms with van der Waals surface area (Å²) in [5.41, 5.74) is 0.263. The number of benzene rings is 1.